The van der Waals surface area contributed by atoms with Gasteiger partial charge in [0.05, 0.1) is 38.1 Å². The highest BCUT2D eigenvalue weighted by atomic mass is 32.2. The van der Waals surface area contributed by atoms with Crippen molar-refractivity contribution in [1.82, 2.24) is 14.5 Å². The normalized spacial score (nSPS) is 15.3. The number of rotatable bonds is 21. The van der Waals surface area contributed by atoms with Crippen LogP contribution in [0.15, 0.2) is 14.4 Å². The summed E-state index contributed by atoms with van der Waals surface area (Å²) in [5.74, 6) is -3.82. The molecule has 0 saturated carbocycles. The third-order valence-electron chi connectivity index (χ3n) is 5.61. The molecule has 3 unspecified atom stereocenters. The van der Waals surface area contributed by atoms with E-state index in [2.05, 4.69) is 0 Å². The fraction of sp³-hybridized carbons (Fsp3) is 0.714. The molecule has 222 valence electrons. The van der Waals surface area contributed by atoms with Crippen molar-refractivity contribution in [2.45, 2.75) is 48.0 Å². The fourth-order valence-electron chi connectivity index (χ4n) is 4.05. The molecule has 15 nitrogen and oxygen atoms in total. The zero-order valence-corrected chi connectivity index (χ0v) is 23.3. The molecule has 0 fully saturated rings. The highest BCUT2D eigenvalue weighted by molar-refractivity contribution is 8.00. The van der Waals surface area contributed by atoms with Crippen LogP contribution in [-0.4, -0.2) is 116 Å². The number of aromatic nitrogens is 3. The number of aliphatic hydroxyl groups is 3. The lowest BCUT2D eigenvalue weighted by molar-refractivity contribution is -0.151. The number of nitrogens with zero attached hydrogens (tertiary/aromatic N) is 1. The number of aromatic amines is 2. The van der Waals surface area contributed by atoms with Crippen LogP contribution in [0.3, 0.4) is 0 Å². The van der Waals surface area contributed by atoms with Gasteiger partial charge in [-0.25, -0.2) is 19.0 Å². The Balaban J connectivity index is 3.80. The minimum Gasteiger partial charge on any atom is -0.481 e. The monoisotopic (exact) mass is 615 g/mol. The molecule has 1 heterocycles. The second-order valence-electron chi connectivity index (χ2n) is 8.38. The van der Waals surface area contributed by atoms with Crippen LogP contribution < -0.4 is 17.1 Å². The van der Waals surface area contributed by atoms with E-state index < -0.39 is 82.1 Å². The number of thioether (sulfide) groups is 3. The summed E-state index contributed by atoms with van der Waals surface area (Å²) in [7, 11) is 0. The van der Waals surface area contributed by atoms with Crippen molar-refractivity contribution >= 4 is 53.2 Å². The largest absolute Gasteiger partial charge is 0.481 e. The topological polar surface area (TPSA) is 260 Å². The van der Waals surface area contributed by atoms with Gasteiger partial charge in [0.25, 0.3) is 0 Å². The van der Waals surface area contributed by atoms with E-state index >= 15 is 0 Å². The van der Waals surface area contributed by atoms with Crippen LogP contribution in [-0.2, 0) is 20.9 Å². The Bertz CT molecular complexity index is 1060. The Hall–Kier alpha value is -2.25. The van der Waals surface area contributed by atoms with Crippen molar-refractivity contribution in [3.05, 3.63) is 31.5 Å². The third-order valence-corrected chi connectivity index (χ3v) is 9.48. The van der Waals surface area contributed by atoms with E-state index in [1.165, 1.54) is 0 Å². The van der Waals surface area contributed by atoms with Gasteiger partial charge in [-0.15, -0.1) is 0 Å². The van der Waals surface area contributed by atoms with Crippen molar-refractivity contribution in [3.63, 3.8) is 0 Å². The van der Waals surface area contributed by atoms with E-state index in [0.29, 0.717) is 4.57 Å². The maximum atomic E-state index is 13.1. The fourth-order valence-corrected chi connectivity index (χ4v) is 7.53. The summed E-state index contributed by atoms with van der Waals surface area (Å²) in [6.45, 7) is -1.63. The maximum Gasteiger partial charge on any atom is 0.333 e. The number of carbonyl (C=O) groups is 3. The van der Waals surface area contributed by atoms with E-state index in [1.54, 1.807) is 0 Å². The highest BCUT2D eigenvalue weighted by Gasteiger charge is 2.50. The minimum absolute atomic E-state index is 0.0452. The van der Waals surface area contributed by atoms with Crippen molar-refractivity contribution in [2.75, 3.05) is 37.1 Å². The van der Waals surface area contributed by atoms with Crippen LogP contribution in [0, 0.1) is 5.41 Å². The number of hydrogen-bond acceptors (Lipinski definition) is 12. The van der Waals surface area contributed by atoms with Crippen LogP contribution >= 0.6 is 35.3 Å². The van der Waals surface area contributed by atoms with E-state index in [9.17, 15) is 59.4 Å². The summed E-state index contributed by atoms with van der Waals surface area (Å²) in [4.78, 5) is 76.5. The smallest absolute Gasteiger partial charge is 0.333 e. The molecule has 0 aromatic carbocycles. The average molecular weight is 616 g/mol. The quantitative estimate of drug-likeness (QED) is 0.0767. The van der Waals surface area contributed by atoms with E-state index in [0.717, 1.165) is 35.3 Å². The average Bonchev–Trinajstić information content (AvgIpc) is 2.83. The number of aliphatic hydroxyl groups excluding tert-OH is 3. The molecule has 0 saturated heterocycles. The molecular formula is C21H33N3O12S3. The van der Waals surface area contributed by atoms with E-state index in [1.807, 2.05) is 9.97 Å². The Morgan fingerprint density at radius 3 is 1.51 bits per heavy atom. The minimum atomic E-state index is -1.95. The molecule has 3 atom stereocenters. The summed E-state index contributed by atoms with van der Waals surface area (Å²) < 4.78 is 0.578. The molecule has 0 aliphatic carbocycles. The molecule has 1 aromatic heterocycles. The van der Waals surface area contributed by atoms with Crippen molar-refractivity contribution in [2.24, 2.45) is 5.41 Å². The van der Waals surface area contributed by atoms with Gasteiger partial charge < -0.3 is 30.6 Å². The number of hydrogen-bond donors (Lipinski definition) is 8. The van der Waals surface area contributed by atoms with E-state index in [4.69, 9.17) is 0 Å². The molecule has 8 N–H and O–H groups in total. The SMILES string of the molecule is O=C(O)CC(CC(CC(CC(=O)O)SCCO)(C(=O)O)C(Cn1c(=O)[nH]c(=O)[nH]c1=O)SCCO)SCCO. The second-order valence-corrected chi connectivity index (χ2v) is 12.5. The number of nitrogens with one attached hydrogen (secondary N) is 2. The first-order valence-corrected chi connectivity index (χ1v) is 14.8. The number of carboxylic acid groups (broad SMARTS) is 3. The molecule has 0 radical (unpaired) electrons. The predicted molar refractivity (Wildman–Crippen MR) is 146 cm³/mol. The lowest BCUT2D eigenvalue weighted by atomic mass is 9.74. The van der Waals surface area contributed by atoms with Crippen LogP contribution in [0.4, 0.5) is 0 Å². The number of aliphatic carboxylic acids is 3. The maximum absolute atomic E-state index is 13.1. The zero-order chi connectivity index (χ0) is 29.6. The molecule has 1 aromatic rings. The van der Waals surface area contributed by atoms with Crippen LogP contribution in [0.5, 0.6) is 0 Å². The van der Waals surface area contributed by atoms with Gasteiger partial charge in [-0.2, -0.15) is 35.3 Å². The van der Waals surface area contributed by atoms with Crippen LogP contribution in [0.2, 0.25) is 0 Å². The molecule has 0 spiro atoms. The van der Waals surface area contributed by atoms with Gasteiger partial charge >= 0.3 is 35.0 Å². The zero-order valence-electron chi connectivity index (χ0n) is 20.8. The first kappa shape index (κ1) is 34.8. The van der Waals surface area contributed by atoms with Crippen molar-refractivity contribution in [1.29, 1.82) is 0 Å². The molecule has 0 amide bonds. The molecule has 39 heavy (non-hydrogen) atoms. The van der Waals surface area contributed by atoms with Crippen LogP contribution in [0.1, 0.15) is 25.7 Å². The van der Waals surface area contributed by atoms with Crippen LogP contribution in [0.25, 0.3) is 0 Å². The van der Waals surface area contributed by atoms with Gasteiger partial charge in [0.2, 0.25) is 0 Å². The lowest BCUT2D eigenvalue weighted by Crippen LogP contribution is -2.51. The molecular weight excluding hydrogens is 582 g/mol. The Morgan fingerprint density at radius 2 is 1.15 bits per heavy atom. The Labute approximate surface area is 234 Å². The highest BCUT2D eigenvalue weighted by Crippen LogP contribution is 2.46. The molecule has 18 heteroatoms. The molecule has 0 aliphatic heterocycles. The summed E-state index contributed by atoms with van der Waals surface area (Å²) >= 11 is 2.91. The van der Waals surface area contributed by atoms with Crippen molar-refractivity contribution in [3.8, 4) is 0 Å². The summed E-state index contributed by atoms with van der Waals surface area (Å²) in [5, 5.41) is 54.7. The number of H-pyrrole nitrogens is 2. The lowest BCUT2D eigenvalue weighted by Gasteiger charge is -2.41. The Kier molecular flexibility index (Phi) is 15.6. The first-order valence-electron chi connectivity index (χ1n) is 11.7. The molecule has 1 rings (SSSR count). The van der Waals surface area contributed by atoms with Gasteiger partial charge in [-0.3, -0.25) is 24.4 Å². The van der Waals surface area contributed by atoms with Crippen molar-refractivity contribution < 1.29 is 45.0 Å². The summed E-state index contributed by atoms with van der Waals surface area (Å²) in [6, 6.07) is 0. The molecule has 0 bridgehead atoms. The van der Waals surface area contributed by atoms with E-state index in [-0.39, 0.29) is 43.3 Å². The number of carboxylic acids is 3. The molecule has 0 aliphatic rings. The van der Waals surface area contributed by atoms with Gasteiger partial charge in [-0.05, 0) is 12.8 Å². The second kappa shape index (κ2) is 17.4. The standard InChI is InChI=1S/C21H33N3O12S3/c25-1-4-37-12(7-15(28)29)9-21(17(32)33,10-13(8-16(30)31)38-5-2-26)14(39-6-3-27)11-24-19(35)22-18(34)23-20(24)36/h12-14,25-27H,1-11H2,(H,28,29)(H,30,31)(H,32,33)(H2,22,23,34,35,36). The summed E-state index contributed by atoms with van der Waals surface area (Å²) in [6.07, 6.45) is -1.70. The van der Waals surface area contributed by atoms with Gasteiger partial charge in [0.15, 0.2) is 0 Å². The third kappa shape index (κ3) is 11.4. The Morgan fingerprint density at radius 1 is 0.744 bits per heavy atom. The van der Waals surface area contributed by atoms with Gasteiger partial charge in [-0.1, -0.05) is 0 Å². The predicted octanol–water partition coefficient (Wildman–Crippen LogP) is -1.69. The summed E-state index contributed by atoms with van der Waals surface area (Å²) in [5.41, 5.74) is -5.26. The first-order chi connectivity index (χ1) is 18.4. The van der Waals surface area contributed by atoms with Gasteiger partial charge in [0.1, 0.15) is 0 Å². The van der Waals surface area contributed by atoms with Gasteiger partial charge in [0, 0.05) is 39.6 Å².